The van der Waals surface area contributed by atoms with E-state index in [4.69, 9.17) is 4.74 Å². The smallest absolute Gasteiger partial charge is 0.230 e. The van der Waals surface area contributed by atoms with E-state index in [1.165, 1.54) is 17.3 Å². The Bertz CT molecular complexity index is 850. The van der Waals surface area contributed by atoms with E-state index in [1.54, 1.807) is 13.4 Å². The number of amides is 1. The number of methoxy groups -OCH3 is 1. The molecule has 0 aliphatic carbocycles. The summed E-state index contributed by atoms with van der Waals surface area (Å²) in [6, 6.07) is 17.9. The van der Waals surface area contributed by atoms with Crippen LogP contribution in [0.3, 0.4) is 0 Å². The summed E-state index contributed by atoms with van der Waals surface area (Å²) in [5.74, 6) is 1.09. The fourth-order valence-electron chi connectivity index (χ4n) is 2.59. The van der Waals surface area contributed by atoms with Gasteiger partial charge in [0.25, 0.3) is 0 Å². The zero-order valence-electron chi connectivity index (χ0n) is 15.2. The van der Waals surface area contributed by atoms with Crippen molar-refractivity contribution in [3.63, 3.8) is 0 Å². The highest BCUT2D eigenvalue weighted by Crippen LogP contribution is 2.21. The van der Waals surface area contributed by atoms with Gasteiger partial charge in [-0.25, -0.2) is 0 Å². The first-order chi connectivity index (χ1) is 13.3. The Morgan fingerprint density at radius 3 is 2.67 bits per heavy atom. The molecule has 1 aromatic heterocycles. The molecule has 0 bridgehead atoms. The zero-order valence-corrected chi connectivity index (χ0v) is 16.0. The first-order valence-electron chi connectivity index (χ1n) is 8.74. The monoisotopic (exact) mass is 382 g/mol. The number of aromatic nitrogens is 3. The molecule has 7 heteroatoms. The van der Waals surface area contributed by atoms with Crippen molar-refractivity contribution in [2.45, 2.75) is 18.0 Å². The summed E-state index contributed by atoms with van der Waals surface area (Å²) < 4.78 is 7.03. The molecule has 1 heterocycles. The lowest BCUT2D eigenvalue weighted by atomic mass is 10.1. The van der Waals surface area contributed by atoms with Crippen LogP contribution in [0.25, 0.3) is 5.69 Å². The number of hydrogen-bond acceptors (Lipinski definition) is 5. The van der Waals surface area contributed by atoms with E-state index in [1.807, 2.05) is 47.0 Å². The van der Waals surface area contributed by atoms with Gasteiger partial charge in [-0.3, -0.25) is 9.36 Å². The van der Waals surface area contributed by atoms with Crippen molar-refractivity contribution in [3.8, 4) is 11.4 Å². The molecule has 0 saturated carbocycles. The van der Waals surface area contributed by atoms with Crippen molar-refractivity contribution in [2.75, 3.05) is 19.4 Å². The quantitative estimate of drug-likeness (QED) is 0.455. The Balaban J connectivity index is 1.44. The van der Waals surface area contributed by atoms with Gasteiger partial charge in [-0.2, -0.15) is 0 Å². The maximum atomic E-state index is 12.1. The van der Waals surface area contributed by atoms with Crippen molar-refractivity contribution in [2.24, 2.45) is 0 Å². The molecule has 0 fully saturated rings. The zero-order chi connectivity index (χ0) is 18.9. The number of thioether (sulfide) groups is 1. The molecule has 1 amide bonds. The number of carbonyl (C=O) groups is 1. The van der Waals surface area contributed by atoms with Gasteiger partial charge in [0.05, 0.1) is 12.9 Å². The fraction of sp³-hybridized carbons (Fsp3) is 0.250. The highest BCUT2D eigenvalue weighted by Gasteiger charge is 2.10. The molecule has 6 nitrogen and oxygen atoms in total. The number of carbonyl (C=O) groups excluding carboxylic acids is 1. The predicted molar refractivity (Wildman–Crippen MR) is 106 cm³/mol. The molecule has 3 aromatic rings. The van der Waals surface area contributed by atoms with Crippen molar-refractivity contribution < 1.29 is 9.53 Å². The first kappa shape index (κ1) is 19.0. The topological polar surface area (TPSA) is 69.0 Å². The summed E-state index contributed by atoms with van der Waals surface area (Å²) >= 11 is 1.37. The van der Waals surface area contributed by atoms with Crippen LogP contribution in [0.4, 0.5) is 0 Å². The maximum absolute atomic E-state index is 12.1. The van der Waals surface area contributed by atoms with Crippen molar-refractivity contribution in [3.05, 3.63) is 66.5 Å². The van der Waals surface area contributed by atoms with Gasteiger partial charge >= 0.3 is 0 Å². The molecule has 0 atom stereocenters. The molecule has 1 N–H and O–H groups in total. The third-order valence-corrected chi connectivity index (χ3v) is 4.95. The van der Waals surface area contributed by atoms with Crippen LogP contribution in [0.2, 0.25) is 0 Å². The first-order valence-corrected chi connectivity index (χ1v) is 9.72. The van der Waals surface area contributed by atoms with E-state index >= 15 is 0 Å². The largest absolute Gasteiger partial charge is 0.497 e. The van der Waals surface area contributed by atoms with Gasteiger partial charge in [-0.05, 0) is 42.7 Å². The second-order valence-electron chi connectivity index (χ2n) is 5.91. The summed E-state index contributed by atoms with van der Waals surface area (Å²) in [5, 5.41) is 11.7. The SMILES string of the molecule is COc1ccc(-n2cnnc2SCC(=O)NCCCc2ccccc2)cc1. The Hall–Kier alpha value is -2.80. The number of benzene rings is 2. The lowest BCUT2D eigenvalue weighted by Gasteiger charge is -2.08. The van der Waals surface area contributed by atoms with Crippen LogP contribution in [0, 0.1) is 0 Å². The average molecular weight is 382 g/mol. The summed E-state index contributed by atoms with van der Waals surface area (Å²) in [7, 11) is 1.63. The number of nitrogens with one attached hydrogen (secondary N) is 1. The minimum absolute atomic E-state index is 0.00246. The number of ether oxygens (including phenoxy) is 1. The van der Waals surface area contributed by atoms with Crippen LogP contribution in [-0.2, 0) is 11.2 Å². The van der Waals surface area contributed by atoms with Crippen molar-refractivity contribution in [1.82, 2.24) is 20.1 Å². The Labute approximate surface area is 163 Å². The second kappa shape index (κ2) is 9.78. The highest BCUT2D eigenvalue weighted by molar-refractivity contribution is 7.99. The van der Waals surface area contributed by atoms with Crippen LogP contribution in [-0.4, -0.2) is 40.1 Å². The Morgan fingerprint density at radius 1 is 1.15 bits per heavy atom. The fourth-order valence-corrected chi connectivity index (χ4v) is 3.35. The van der Waals surface area contributed by atoms with Crippen molar-refractivity contribution in [1.29, 1.82) is 0 Å². The molecule has 140 valence electrons. The van der Waals surface area contributed by atoms with E-state index in [2.05, 4.69) is 27.6 Å². The molecule has 0 aliphatic rings. The molecule has 3 rings (SSSR count). The van der Waals surface area contributed by atoms with Crippen LogP contribution in [0.5, 0.6) is 5.75 Å². The van der Waals surface area contributed by atoms with Gasteiger partial charge in [0.1, 0.15) is 12.1 Å². The third-order valence-electron chi connectivity index (χ3n) is 4.01. The van der Waals surface area contributed by atoms with Gasteiger partial charge < -0.3 is 10.1 Å². The van der Waals surface area contributed by atoms with E-state index in [9.17, 15) is 4.79 Å². The molecule has 27 heavy (non-hydrogen) atoms. The lowest BCUT2D eigenvalue weighted by molar-refractivity contribution is -0.118. The molecule has 0 unspecified atom stereocenters. The third kappa shape index (κ3) is 5.59. The molecular weight excluding hydrogens is 360 g/mol. The van der Waals surface area contributed by atoms with Crippen LogP contribution >= 0.6 is 11.8 Å². The minimum atomic E-state index is -0.00246. The molecule has 0 spiro atoms. The number of nitrogens with zero attached hydrogens (tertiary/aromatic N) is 3. The lowest BCUT2D eigenvalue weighted by Crippen LogP contribution is -2.26. The summed E-state index contributed by atoms with van der Waals surface area (Å²) in [6.07, 6.45) is 3.52. The second-order valence-corrected chi connectivity index (χ2v) is 6.85. The van der Waals surface area contributed by atoms with Gasteiger partial charge in [-0.1, -0.05) is 42.1 Å². The van der Waals surface area contributed by atoms with Gasteiger partial charge in [0.2, 0.25) is 5.91 Å². The molecular formula is C20H22N4O2S. The summed E-state index contributed by atoms with van der Waals surface area (Å²) in [6.45, 7) is 0.666. The molecule has 2 aromatic carbocycles. The van der Waals surface area contributed by atoms with E-state index in [0.717, 1.165) is 24.3 Å². The Morgan fingerprint density at radius 2 is 1.93 bits per heavy atom. The van der Waals surface area contributed by atoms with Crippen LogP contribution < -0.4 is 10.1 Å². The van der Waals surface area contributed by atoms with E-state index in [0.29, 0.717) is 17.5 Å². The predicted octanol–water partition coefficient (Wildman–Crippen LogP) is 3.12. The summed E-state index contributed by atoms with van der Waals surface area (Å²) in [5.41, 5.74) is 2.21. The Kier molecular flexibility index (Phi) is 6.87. The van der Waals surface area contributed by atoms with Crippen LogP contribution in [0.1, 0.15) is 12.0 Å². The summed E-state index contributed by atoms with van der Waals surface area (Å²) in [4.78, 5) is 12.1. The van der Waals surface area contributed by atoms with Gasteiger partial charge in [0, 0.05) is 12.2 Å². The number of hydrogen-bond donors (Lipinski definition) is 1. The minimum Gasteiger partial charge on any atom is -0.497 e. The standard InChI is InChI=1S/C20H22N4O2S/c1-26-18-11-9-17(10-12-18)24-15-22-23-20(24)27-14-19(25)21-13-5-8-16-6-3-2-4-7-16/h2-4,6-7,9-12,15H,5,8,13-14H2,1H3,(H,21,25). The van der Waals surface area contributed by atoms with Crippen LogP contribution in [0.15, 0.2) is 66.1 Å². The molecule has 0 saturated heterocycles. The normalized spacial score (nSPS) is 10.6. The molecule has 0 aliphatic heterocycles. The number of rotatable bonds is 9. The van der Waals surface area contributed by atoms with Gasteiger partial charge in [0.15, 0.2) is 5.16 Å². The average Bonchev–Trinajstić information content (AvgIpc) is 3.19. The van der Waals surface area contributed by atoms with Gasteiger partial charge in [-0.15, -0.1) is 10.2 Å². The van der Waals surface area contributed by atoms with E-state index < -0.39 is 0 Å². The van der Waals surface area contributed by atoms with E-state index in [-0.39, 0.29) is 5.91 Å². The highest BCUT2D eigenvalue weighted by atomic mass is 32.2. The molecule has 0 radical (unpaired) electrons. The van der Waals surface area contributed by atoms with Crippen molar-refractivity contribution >= 4 is 17.7 Å². The number of aryl methyl sites for hydroxylation is 1. The maximum Gasteiger partial charge on any atom is 0.230 e.